The summed E-state index contributed by atoms with van der Waals surface area (Å²) >= 11 is 6.49. The van der Waals surface area contributed by atoms with E-state index >= 15 is 0 Å². The zero-order chi connectivity index (χ0) is 13.0. The van der Waals surface area contributed by atoms with Crippen LogP contribution < -0.4 is 15.2 Å². The number of nitrogens with two attached hydrogens (primary N) is 1. The van der Waals surface area contributed by atoms with E-state index in [0.717, 1.165) is 61.0 Å². The molecule has 4 rings (SSSR count). The van der Waals surface area contributed by atoms with Gasteiger partial charge in [-0.1, -0.05) is 18.0 Å². The summed E-state index contributed by atoms with van der Waals surface area (Å²) in [5.74, 6) is 1.93. The third-order valence-electron chi connectivity index (χ3n) is 4.97. The standard InChI is InChI=1S/C15H18ClNO2/c16-12-10-3-7-18-13(10)11(9-2-6-19-14(9)12)15(8-17)4-1-5-15/h1-8,17H2. The fraction of sp³-hybridized carbons (Fsp3) is 0.600. The maximum Gasteiger partial charge on any atom is 0.142 e. The van der Waals surface area contributed by atoms with Crippen LogP contribution in [-0.2, 0) is 18.3 Å². The summed E-state index contributed by atoms with van der Waals surface area (Å²) in [6.07, 6.45) is 5.40. The van der Waals surface area contributed by atoms with Gasteiger partial charge in [-0.15, -0.1) is 0 Å². The van der Waals surface area contributed by atoms with Crippen LogP contribution in [0.1, 0.15) is 36.0 Å². The highest BCUT2D eigenvalue weighted by Crippen LogP contribution is 2.55. The first kappa shape index (κ1) is 11.9. The first-order valence-electron chi connectivity index (χ1n) is 7.10. The van der Waals surface area contributed by atoms with E-state index < -0.39 is 0 Å². The van der Waals surface area contributed by atoms with Gasteiger partial charge in [0.25, 0.3) is 0 Å². The molecule has 1 saturated carbocycles. The van der Waals surface area contributed by atoms with Crippen molar-refractivity contribution in [2.45, 2.75) is 37.5 Å². The summed E-state index contributed by atoms with van der Waals surface area (Å²) in [5.41, 5.74) is 9.93. The molecule has 0 saturated heterocycles. The number of rotatable bonds is 2. The van der Waals surface area contributed by atoms with Gasteiger partial charge in [0.1, 0.15) is 11.5 Å². The molecule has 2 heterocycles. The van der Waals surface area contributed by atoms with Crippen molar-refractivity contribution in [2.75, 3.05) is 19.8 Å². The molecule has 0 radical (unpaired) electrons. The van der Waals surface area contributed by atoms with Crippen molar-refractivity contribution in [2.24, 2.45) is 5.73 Å². The molecule has 1 aromatic carbocycles. The second-order valence-electron chi connectivity index (χ2n) is 5.84. The molecular weight excluding hydrogens is 262 g/mol. The molecule has 4 heteroatoms. The van der Waals surface area contributed by atoms with Crippen molar-refractivity contribution in [1.82, 2.24) is 0 Å². The molecule has 19 heavy (non-hydrogen) atoms. The summed E-state index contributed by atoms with van der Waals surface area (Å²) in [6.45, 7) is 2.15. The molecule has 3 nitrogen and oxygen atoms in total. The molecule has 0 aromatic heterocycles. The molecule has 0 unspecified atom stereocenters. The highest BCUT2D eigenvalue weighted by Gasteiger charge is 2.45. The summed E-state index contributed by atoms with van der Waals surface area (Å²) in [5, 5.41) is 0.773. The molecule has 3 aliphatic rings. The van der Waals surface area contributed by atoms with Crippen molar-refractivity contribution < 1.29 is 9.47 Å². The normalized spacial score (nSPS) is 22.2. The highest BCUT2D eigenvalue weighted by molar-refractivity contribution is 6.33. The molecule has 0 atom stereocenters. The van der Waals surface area contributed by atoms with Crippen LogP contribution in [0.3, 0.4) is 0 Å². The fourth-order valence-corrected chi connectivity index (χ4v) is 4.12. The van der Waals surface area contributed by atoms with Gasteiger partial charge in [0, 0.05) is 41.5 Å². The van der Waals surface area contributed by atoms with E-state index in [-0.39, 0.29) is 5.41 Å². The van der Waals surface area contributed by atoms with Crippen LogP contribution in [0.2, 0.25) is 5.02 Å². The highest BCUT2D eigenvalue weighted by atomic mass is 35.5. The molecular formula is C15H18ClNO2. The smallest absolute Gasteiger partial charge is 0.142 e. The van der Waals surface area contributed by atoms with Gasteiger partial charge < -0.3 is 15.2 Å². The Morgan fingerprint density at radius 3 is 2.37 bits per heavy atom. The maximum absolute atomic E-state index is 6.49. The van der Waals surface area contributed by atoms with Crippen molar-refractivity contribution in [1.29, 1.82) is 0 Å². The van der Waals surface area contributed by atoms with Gasteiger partial charge in [-0.2, -0.15) is 0 Å². The van der Waals surface area contributed by atoms with Crippen molar-refractivity contribution in [3.63, 3.8) is 0 Å². The van der Waals surface area contributed by atoms with E-state index in [4.69, 9.17) is 26.8 Å². The Morgan fingerprint density at radius 1 is 1.05 bits per heavy atom. The Morgan fingerprint density at radius 2 is 1.74 bits per heavy atom. The quantitative estimate of drug-likeness (QED) is 0.905. The number of hydrogen-bond donors (Lipinski definition) is 1. The molecule has 1 aliphatic carbocycles. The van der Waals surface area contributed by atoms with Gasteiger partial charge in [-0.3, -0.25) is 0 Å². The minimum Gasteiger partial charge on any atom is -0.493 e. The number of hydrogen-bond acceptors (Lipinski definition) is 3. The fourth-order valence-electron chi connectivity index (χ4n) is 3.77. The Bertz CT molecular complexity index is 511. The van der Waals surface area contributed by atoms with Gasteiger partial charge in [-0.25, -0.2) is 0 Å². The van der Waals surface area contributed by atoms with E-state index in [1.165, 1.54) is 17.5 Å². The topological polar surface area (TPSA) is 44.5 Å². The molecule has 1 aromatic rings. The van der Waals surface area contributed by atoms with Crippen LogP contribution in [0.25, 0.3) is 0 Å². The Labute approximate surface area is 118 Å². The van der Waals surface area contributed by atoms with E-state index in [1.807, 2.05) is 0 Å². The Balaban J connectivity index is 2.00. The predicted octanol–water partition coefficient (Wildman–Crippen LogP) is 2.59. The summed E-state index contributed by atoms with van der Waals surface area (Å²) < 4.78 is 11.7. The first-order valence-corrected chi connectivity index (χ1v) is 7.48. The lowest BCUT2D eigenvalue weighted by Crippen LogP contribution is -2.42. The number of halogens is 1. The molecule has 0 bridgehead atoms. The molecule has 2 N–H and O–H groups in total. The summed E-state index contributed by atoms with van der Waals surface area (Å²) in [6, 6.07) is 0. The average Bonchev–Trinajstić information content (AvgIpc) is 3.01. The van der Waals surface area contributed by atoms with Crippen molar-refractivity contribution in [3.8, 4) is 11.5 Å². The molecule has 102 valence electrons. The second kappa shape index (κ2) is 4.03. The molecule has 2 aliphatic heterocycles. The van der Waals surface area contributed by atoms with E-state index in [2.05, 4.69) is 0 Å². The minimum absolute atomic E-state index is 0.108. The van der Waals surface area contributed by atoms with E-state index in [9.17, 15) is 0 Å². The monoisotopic (exact) mass is 279 g/mol. The minimum atomic E-state index is 0.108. The van der Waals surface area contributed by atoms with Gasteiger partial charge in [-0.05, 0) is 12.8 Å². The molecule has 1 fully saturated rings. The first-order chi connectivity index (χ1) is 9.27. The maximum atomic E-state index is 6.49. The summed E-state index contributed by atoms with van der Waals surface area (Å²) in [7, 11) is 0. The molecule has 0 spiro atoms. The average molecular weight is 280 g/mol. The van der Waals surface area contributed by atoms with Crippen LogP contribution in [0.4, 0.5) is 0 Å². The number of benzene rings is 1. The number of fused-ring (bicyclic) bond motifs is 2. The van der Waals surface area contributed by atoms with Crippen molar-refractivity contribution >= 4 is 11.6 Å². The lowest BCUT2D eigenvalue weighted by atomic mass is 9.62. The zero-order valence-electron chi connectivity index (χ0n) is 10.9. The van der Waals surface area contributed by atoms with Crippen LogP contribution in [-0.4, -0.2) is 19.8 Å². The van der Waals surface area contributed by atoms with E-state index in [1.54, 1.807) is 0 Å². The Kier molecular flexibility index (Phi) is 2.52. The van der Waals surface area contributed by atoms with Crippen molar-refractivity contribution in [3.05, 3.63) is 21.7 Å². The lowest BCUT2D eigenvalue weighted by molar-refractivity contribution is 0.239. The van der Waals surface area contributed by atoms with Crippen LogP contribution in [0.5, 0.6) is 11.5 Å². The lowest BCUT2D eigenvalue weighted by Gasteiger charge is -2.43. The van der Waals surface area contributed by atoms with Crippen LogP contribution in [0.15, 0.2) is 0 Å². The van der Waals surface area contributed by atoms with Gasteiger partial charge in [0.2, 0.25) is 0 Å². The number of ether oxygens (including phenoxy) is 2. The Hall–Kier alpha value is -0.930. The third kappa shape index (κ3) is 1.43. The third-order valence-corrected chi connectivity index (χ3v) is 5.37. The predicted molar refractivity (Wildman–Crippen MR) is 74.4 cm³/mol. The SMILES string of the molecule is NCC1(c2c3c(c(Cl)c4c2OCC4)OCC3)CCC1. The van der Waals surface area contributed by atoms with Crippen LogP contribution >= 0.6 is 11.6 Å². The largest absolute Gasteiger partial charge is 0.493 e. The second-order valence-corrected chi connectivity index (χ2v) is 6.22. The van der Waals surface area contributed by atoms with Gasteiger partial charge in [0.15, 0.2) is 0 Å². The molecule has 0 amide bonds. The van der Waals surface area contributed by atoms with E-state index in [0.29, 0.717) is 6.54 Å². The van der Waals surface area contributed by atoms with Gasteiger partial charge >= 0.3 is 0 Å². The zero-order valence-corrected chi connectivity index (χ0v) is 11.7. The summed E-state index contributed by atoms with van der Waals surface area (Å²) in [4.78, 5) is 0. The van der Waals surface area contributed by atoms with Gasteiger partial charge in [0.05, 0.1) is 18.2 Å². The van der Waals surface area contributed by atoms with Crippen LogP contribution in [0, 0.1) is 0 Å².